The van der Waals surface area contributed by atoms with Gasteiger partial charge in [0.25, 0.3) is 0 Å². The predicted molar refractivity (Wildman–Crippen MR) is 38.0 cm³/mol. The normalized spacial score (nSPS) is 8.57. The highest BCUT2D eigenvalue weighted by molar-refractivity contribution is 5.75. The summed E-state index contributed by atoms with van der Waals surface area (Å²) >= 11 is 0. The summed E-state index contributed by atoms with van der Waals surface area (Å²) in [6.07, 6.45) is 2.44. The van der Waals surface area contributed by atoms with Crippen molar-refractivity contribution in [2.45, 2.75) is 26.7 Å². The summed E-state index contributed by atoms with van der Waals surface area (Å²) in [7, 11) is 0. The van der Waals surface area contributed by atoms with Gasteiger partial charge in [0.2, 0.25) is 0 Å². The molecule has 0 aliphatic heterocycles. The standard InChI is InChI=1S/C6H13.Mg.2H/c1-4-6(3)5-2;;;/h6H,3-5H2,1-2H3;;;. The topological polar surface area (TPSA) is 0 Å². The van der Waals surface area contributed by atoms with Crippen LogP contribution in [0.4, 0.5) is 0 Å². The monoisotopic (exact) mass is 111 g/mol. The van der Waals surface area contributed by atoms with E-state index in [9.17, 15) is 0 Å². The van der Waals surface area contributed by atoms with Gasteiger partial charge in [-0.3, -0.25) is 0 Å². The summed E-state index contributed by atoms with van der Waals surface area (Å²) in [5, 5.41) is 0. The molecule has 0 saturated carbocycles. The van der Waals surface area contributed by atoms with Gasteiger partial charge in [0.1, 0.15) is 0 Å². The molecule has 0 atom stereocenters. The number of hydrogen-bond donors (Lipinski definition) is 0. The molecule has 0 aromatic heterocycles. The maximum absolute atomic E-state index is 3.88. The third-order valence-electron chi connectivity index (χ3n) is 1.15. The molecular weight excluding hydrogens is 96.4 g/mol. The minimum Gasteiger partial charge on any atom is -0.0651 e. The van der Waals surface area contributed by atoms with Gasteiger partial charge in [0, 0.05) is 0 Å². The van der Waals surface area contributed by atoms with E-state index >= 15 is 0 Å². The van der Waals surface area contributed by atoms with Crippen molar-refractivity contribution in [3.8, 4) is 0 Å². The maximum Gasteiger partial charge on any atom is 0.316 e. The lowest BCUT2D eigenvalue weighted by Gasteiger charge is -1.98. The molecule has 0 aliphatic carbocycles. The number of rotatable bonds is 2. The molecule has 1 heteroatoms. The molecule has 0 heterocycles. The van der Waals surface area contributed by atoms with E-state index in [1.807, 2.05) is 0 Å². The molecule has 0 aromatic rings. The Labute approximate surface area is 62.8 Å². The van der Waals surface area contributed by atoms with Crippen molar-refractivity contribution >= 4 is 23.1 Å². The molecule has 0 N–H and O–H groups in total. The molecule has 0 saturated heterocycles. The van der Waals surface area contributed by atoms with Crippen molar-refractivity contribution in [2.75, 3.05) is 0 Å². The van der Waals surface area contributed by atoms with E-state index in [2.05, 4.69) is 20.8 Å². The van der Waals surface area contributed by atoms with Gasteiger partial charge in [-0.15, -0.1) is 0 Å². The summed E-state index contributed by atoms with van der Waals surface area (Å²) in [5.41, 5.74) is 0. The molecule has 0 bridgehead atoms. The minimum atomic E-state index is 0. The van der Waals surface area contributed by atoms with Crippen LogP contribution in [0.3, 0.4) is 0 Å². The minimum absolute atomic E-state index is 0. The maximum atomic E-state index is 3.88. The van der Waals surface area contributed by atoms with Gasteiger partial charge in [-0.25, -0.2) is 0 Å². The summed E-state index contributed by atoms with van der Waals surface area (Å²) in [4.78, 5) is 0. The lowest BCUT2D eigenvalue weighted by molar-refractivity contribution is 0.602. The zero-order valence-corrected chi connectivity index (χ0v) is 4.70. The quantitative estimate of drug-likeness (QED) is 0.472. The molecular formula is C6H15Mg. The molecule has 0 amide bonds. The second-order valence-electron chi connectivity index (χ2n) is 1.68. The highest BCUT2D eigenvalue weighted by Gasteiger charge is 1.88. The van der Waals surface area contributed by atoms with Crippen LogP contribution in [0.15, 0.2) is 0 Å². The van der Waals surface area contributed by atoms with Crippen molar-refractivity contribution < 1.29 is 0 Å². The average molecular weight is 111 g/mol. The van der Waals surface area contributed by atoms with Gasteiger partial charge in [-0.2, -0.15) is 0 Å². The van der Waals surface area contributed by atoms with Gasteiger partial charge in [-0.05, 0) is 5.92 Å². The van der Waals surface area contributed by atoms with Gasteiger partial charge in [0.15, 0.2) is 0 Å². The van der Waals surface area contributed by atoms with Crippen LogP contribution in [0.5, 0.6) is 0 Å². The smallest absolute Gasteiger partial charge is 0.0651 e. The van der Waals surface area contributed by atoms with Crippen LogP contribution >= 0.6 is 0 Å². The van der Waals surface area contributed by atoms with E-state index < -0.39 is 0 Å². The molecule has 0 fully saturated rings. The Morgan fingerprint density at radius 1 is 1.29 bits per heavy atom. The van der Waals surface area contributed by atoms with Gasteiger partial charge in [0.05, 0.1) is 0 Å². The second kappa shape index (κ2) is 6.77. The lowest BCUT2D eigenvalue weighted by Crippen LogP contribution is -1.85. The predicted octanol–water partition coefficient (Wildman–Crippen LogP) is 1.34. The molecule has 0 spiro atoms. The summed E-state index contributed by atoms with van der Waals surface area (Å²) < 4.78 is 0. The van der Waals surface area contributed by atoms with Crippen LogP contribution in [0.25, 0.3) is 0 Å². The third-order valence-corrected chi connectivity index (χ3v) is 1.15. The Balaban J connectivity index is 0. The van der Waals surface area contributed by atoms with Gasteiger partial charge < -0.3 is 0 Å². The van der Waals surface area contributed by atoms with Crippen molar-refractivity contribution in [1.29, 1.82) is 0 Å². The first-order valence-corrected chi connectivity index (χ1v) is 2.64. The second-order valence-corrected chi connectivity index (χ2v) is 1.68. The fourth-order valence-electron chi connectivity index (χ4n) is 0.289. The average Bonchev–Trinajstić information content (AvgIpc) is 1.65. The summed E-state index contributed by atoms with van der Waals surface area (Å²) in [6.45, 7) is 8.21. The van der Waals surface area contributed by atoms with Gasteiger partial charge >= 0.3 is 23.1 Å². The van der Waals surface area contributed by atoms with Crippen LogP contribution in [-0.2, 0) is 0 Å². The van der Waals surface area contributed by atoms with E-state index in [0.29, 0.717) is 5.92 Å². The Hall–Kier alpha value is 0.766. The summed E-state index contributed by atoms with van der Waals surface area (Å²) in [6, 6.07) is 0. The molecule has 0 rings (SSSR count). The molecule has 0 aromatic carbocycles. The highest BCUT2D eigenvalue weighted by Crippen LogP contribution is 2.02. The molecule has 0 aliphatic rings. The van der Waals surface area contributed by atoms with Crippen LogP contribution in [0.2, 0.25) is 0 Å². The van der Waals surface area contributed by atoms with Gasteiger partial charge in [-0.1, -0.05) is 33.6 Å². The zero-order valence-electron chi connectivity index (χ0n) is 4.70. The molecule has 7 heavy (non-hydrogen) atoms. The molecule has 0 unspecified atom stereocenters. The Morgan fingerprint density at radius 3 is 1.57 bits per heavy atom. The fraction of sp³-hybridized carbons (Fsp3) is 0.833. The van der Waals surface area contributed by atoms with Crippen molar-refractivity contribution in [3.63, 3.8) is 0 Å². The van der Waals surface area contributed by atoms with Crippen molar-refractivity contribution in [3.05, 3.63) is 6.92 Å². The highest BCUT2D eigenvalue weighted by atomic mass is 24.3. The van der Waals surface area contributed by atoms with Crippen LogP contribution in [-0.4, -0.2) is 23.1 Å². The van der Waals surface area contributed by atoms with Crippen LogP contribution < -0.4 is 0 Å². The first-order chi connectivity index (χ1) is 2.81. The fourth-order valence-corrected chi connectivity index (χ4v) is 0.289. The van der Waals surface area contributed by atoms with Crippen LogP contribution in [0.1, 0.15) is 26.7 Å². The largest absolute Gasteiger partial charge is 0.316 e. The first kappa shape index (κ1) is 10.7. The molecule has 0 nitrogen and oxygen atoms in total. The van der Waals surface area contributed by atoms with Crippen molar-refractivity contribution in [1.82, 2.24) is 0 Å². The van der Waals surface area contributed by atoms with E-state index in [-0.39, 0.29) is 23.1 Å². The molecule has 41 valence electrons. The molecule has 1 radical (unpaired) electrons. The number of hydrogen-bond acceptors (Lipinski definition) is 0. The third kappa shape index (κ3) is 6.77. The Bertz CT molecular complexity index is 23.4. The van der Waals surface area contributed by atoms with Crippen LogP contribution in [0, 0.1) is 12.8 Å². The summed E-state index contributed by atoms with van der Waals surface area (Å²) in [5.74, 6) is 0.685. The Kier molecular flexibility index (Phi) is 10.3. The SMILES string of the molecule is [CH2]C(CC)CC.[MgH2]. The van der Waals surface area contributed by atoms with E-state index in [0.717, 1.165) is 0 Å². The lowest BCUT2D eigenvalue weighted by atomic mass is 10.1. The van der Waals surface area contributed by atoms with E-state index in [4.69, 9.17) is 0 Å². The van der Waals surface area contributed by atoms with Crippen molar-refractivity contribution in [2.24, 2.45) is 5.92 Å². The zero-order chi connectivity index (χ0) is 4.99. The van der Waals surface area contributed by atoms with E-state index in [1.165, 1.54) is 12.8 Å². The first-order valence-electron chi connectivity index (χ1n) is 2.64. The van der Waals surface area contributed by atoms with E-state index in [1.54, 1.807) is 0 Å². The Morgan fingerprint density at radius 2 is 1.57 bits per heavy atom.